The highest BCUT2D eigenvalue weighted by molar-refractivity contribution is 6.06. The molecule has 2 aromatic carbocycles. The highest BCUT2D eigenvalue weighted by atomic mass is 16.6. The van der Waals surface area contributed by atoms with E-state index in [1.807, 2.05) is 41.3 Å². The van der Waals surface area contributed by atoms with Gasteiger partial charge in [-0.15, -0.1) is 0 Å². The minimum Gasteiger partial charge on any atom is -0.366 e. The van der Waals surface area contributed by atoms with Crippen molar-refractivity contribution in [3.05, 3.63) is 94.2 Å². The molecule has 1 aromatic heterocycles. The zero-order valence-corrected chi connectivity index (χ0v) is 16.5. The van der Waals surface area contributed by atoms with Crippen LogP contribution in [0.15, 0.2) is 72.9 Å². The van der Waals surface area contributed by atoms with Crippen LogP contribution in [-0.2, 0) is 6.54 Å². The van der Waals surface area contributed by atoms with Crippen molar-refractivity contribution in [2.24, 2.45) is 0 Å². The molecule has 1 aliphatic heterocycles. The topological polar surface area (TPSA) is 79.6 Å². The van der Waals surface area contributed by atoms with Crippen molar-refractivity contribution in [3.63, 3.8) is 0 Å². The van der Waals surface area contributed by atoms with Gasteiger partial charge in [0.05, 0.1) is 11.5 Å². The van der Waals surface area contributed by atoms with Gasteiger partial charge in [0.2, 0.25) is 0 Å². The number of rotatable bonds is 6. The zero-order chi connectivity index (χ0) is 20.9. The Balaban J connectivity index is 1.70. The van der Waals surface area contributed by atoms with Crippen LogP contribution in [-0.4, -0.2) is 28.9 Å². The van der Waals surface area contributed by atoms with E-state index in [4.69, 9.17) is 0 Å². The third kappa shape index (κ3) is 4.15. The number of hydrogen-bond acceptors (Lipinski definition) is 5. The maximum Gasteiger partial charge on any atom is 0.293 e. The average Bonchev–Trinajstić information content (AvgIpc) is 3.33. The molecule has 0 aliphatic carbocycles. The molecule has 30 heavy (non-hydrogen) atoms. The van der Waals surface area contributed by atoms with E-state index < -0.39 is 4.92 Å². The number of carbonyl (C=O) groups excluding carboxylic acids is 1. The van der Waals surface area contributed by atoms with Crippen LogP contribution in [0, 0.1) is 10.1 Å². The molecule has 3 aromatic rings. The minimum absolute atomic E-state index is 0.0385. The molecule has 4 rings (SSSR count). The quantitative estimate of drug-likeness (QED) is 0.450. The van der Waals surface area contributed by atoms with E-state index in [2.05, 4.69) is 4.98 Å². The van der Waals surface area contributed by atoms with Crippen molar-refractivity contribution in [1.29, 1.82) is 0 Å². The van der Waals surface area contributed by atoms with Crippen molar-refractivity contribution in [1.82, 2.24) is 4.98 Å². The van der Waals surface area contributed by atoms with Gasteiger partial charge in [0.15, 0.2) is 0 Å². The molecule has 0 bridgehead atoms. The van der Waals surface area contributed by atoms with E-state index in [0.29, 0.717) is 18.1 Å². The number of anilines is 2. The van der Waals surface area contributed by atoms with Crippen molar-refractivity contribution < 1.29 is 9.72 Å². The van der Waals surface area contributed by atoms with Crippen LogP contribution in [0.25, 0.3) is 0 Å². The van der Waals surface area contributed by atoms with Crippen LogP contribution in [0.2, 0.25) is 0 Å². The SMILES string of the molecule is O=C(c1ccc(N2CCCC2)c([N+](=O)[O-])c1)N(Cc1ccccc1)c1ccccn1. The van der Waals surface area contributed by atoms with Gasteiger partial charge in [-0.25, -0.2) is 4.98 Å². The third-order valence-corrected chi connectivity index (χ3v) is 5.22. The van der Waals surface area contributed by atoms with Crippen molar-refractivity contribution in [2.45, 2.75) is 19.4 Å². The molecule has 7 heteroatoms. The summed E-state index contributed by atoms with van der Waals surface area (Å²) in [4.78, 5) is 32.6. The van der Waals surface area contributed by atoms with E-state index in [0.717, 1.165) is 31.5 Å². The van der Waals surface area contributed by atoms with Crippen molar-refractivity contribution in [3.8, 4) is 0 Å². The first-order valence-corrected chi connectivity index (χ1v) is 9.94. The second kappa shape index (κ2) is 8.73. The first kappa shape index (κ1) is 19.6. The number of aromatic nitrogens is 1. The monoisotopic (exact) mass is 402 g/mol. The molecule has 7 nitrogen and oxygen atoms in total. The number of nitrogens with zero attached hydrogens (tertiary/aromatic N) is 4. The van der Waals surface area contributed by atoms with E-state index in [9.17, 15) is 14.9 Å². The second-order valence-corrected chi connectivity index (χ2v) is 7.22. The fraction of sp³-hybridized carbons (Fsp3) is 0.217. The summed E-state index contributed by atoms with van der Waals surface area (Å²) < 4.78 is 0. The van der Waals surface area contributed by atoms with Gasteiger partial charge in [-0.1, -0.05) is 36.4 Å². The summed E-state index contributed by atoms with van der Waals surface area (Å²) in [7, 11) is 0. The number of carbonyl (C=O) groups is 1. The van der Waals surface area contributed by atoms with Crippen molar-refractivity contribution in [2.75, 3.05) is 22.9 Å². The van der Waals surface area contributed by atoms with Crippen LogP contribution >= 0.6 is 0 Å². The molecule has 0 radical (unpaired) electrons. The summed E-state index contributed by atoms with van der Waals surface area (Å²) >= 11 is 0. The Morgan fingerprint density at radius 3 is 2.43 bits per heavy atom. The molecular weight excluding hydrogens is 380 g/mol. The Labute approximate surface area is 174 Å². The highest BCUT2D eigenvalue weighted by Crippen LogP contribution is 2.32. The van der Waals surface area contributed by atoms with Crippen LogP contribution in [0.5, 0.6) is 0 Å². The maximum absolute atomic E-state index is 13.4. The second-order valence-electron chi connectivity index (χ2n) is 7.22. The van der Waals surface area contributed by atoms with E-state index in [1.54, 1.807) is 35.4 Å². The maximum atomic E-state index is 13.4. The molecule has 1 amide bonds. The van der Waals surface area contributed by atoms with E-state index in [1.165, 1.54) is 6.07 Å². The Morgan fingerprint density at radius 1 is 1.03 bits per heavy atom. The highest BCUT2D eigenvalue weighted by Gasteiger charge is 2.26. The zero-order valence-electron chi connectivity index (χ0n) is 16.5. The third-order valence-electron chi connectivity index (χ3n) is 5.22. The minimum atomic E-state index is -0.410. The average molecular weight is 402 g/mol. The molecule has 2 heterocycles. The summed E-state index contributed by atoms with van der Waals surface area (Å²) in [6, 6.07) is 19.7. The number of benzene rings is 2. The number of nitro groups is 1. The normalized spacial score (nSPS) is 13.3. The first-order valence-electron chi connectivity index (χ1n) is 9.94. The van der Waals surface area contributed by atoms with Gasteiger partial charge in [-0.3, -0.25) is 19.8 Å². The first-order chi connectivity index (χ1) is 14.6. The molecule has 1 fully saturated rings. The predicted octanol–water partition coefficient (Wildman–Crippen LogP) is 4.44. The lowest BCUT2D eigenvalue weighted by atomic mass is 10.1. The van der Waals surface area contributed by atoms with Gasteiger partial charge < -0.3 is 4.90 Å². The Bertz CT molecular complexity index is 1030. The number of nitro benzene ring substituents is 1. The van der Waals surface area contributed by atoms with Gasteiger partial charge in [0.1, 0.15) is 11.5 Å². The molecule has 1 saturated heterocycles. The standard InChI is InChI=1S/C23H22N4O3/c28-23(19-11-12-20(21(16-19)27(29)30)25-14-6-7-15-25)26(22-10-4-5-13-24-22)17-18-8-2-1-3-9-18/h1-5,8-13,16H,6-7,14-15,17H2. The fourth-order valence-electron chi connectivity index (χ4n) is 3.72. The Kier molecular flexibility index (Phi) is 5.70. The molecule has 0 saturated carbocycles. The van der Waals surface area contributed by atoms with Crippen LogP contribution < -0.4 is 9.80 Å². The van der Waals surface area contributed by atoms with Gasteiger partial charge in [0, 0.05) is 30.9 Å². The summed E-state index contributed by atoms with van der Waals surface area (Å²) in [5.41, 5.74) is 1.75. The van der Waals surface area contributed by atoms with E-state index >= 15 is 0 Å². The molecule has 152 valence electrons. The van der Waals surface area contributed by atoms with Crippen LogP contribution in [0.1, 0.15) is 28.8 Å². The fourth-order valence-corrected chi connectivity index (χ4v) is 3.72. The molecule has 1 aliphatic rings. The summed E-state index contributed by atoms with van der Waals surface area (Å²) in [6.45, 7) is 1.91. The lowest BCUT2D eigenvalue weighted by Gasteiger charge is -2.23. The van der Waals surface area contributed by atoms with Crippen molar-refractivity contribution >= 4 is 23.1 Å². The molecule has 0 atom stereocenters. The van der Waals surface area contributed by atoms with Gasteiger partial charge >= 0.3 is 0 Å². The van der Waals surface area contributed by atoms with Crippen LogP contribution in [0.4, 0.5) is 17.2 Å². The summed E-state index contributed by atoms with van der Waals surface area (Å²) in [5.74, 6) is 0.172. The molecular formula is C23H22N4O3. The van der Waals surface area contributed by atoms with Gasteiger partial charge in [0.25, 0.3) is 11.6 Å². The lowest BCUT2D eigenvalue weighted by molar-refractivity contribution is -0.384. The summed E-state index contributed by atoms with van der Waals surface area (Å²) in [6.07, 6.45) is 3.66. The molecule has 0 spiro atoms. The Morgan fingerprint density at radius 2 is 1.77 bits per heavy atom. The number of pyridine rings is 1. The molecule has 0 unspecified atom stereocenters. The predicted molar refractivity (Wildman–Crippen MR) is 116 cm³/mol. The largest absolute Gasteiger partial charge is 0.366 e. The van der Waals surface area contributed by atoms with E-state index in [-0.39, 0.29) is 17.2 Å². The summed E-state index contributed by atoms with van der Waals surface area (Å²) in [5, 5.41) is 11.7. The Hall–Kier alpha value is -3.74. The van der Waals surface area contributed by atoms with Crippen LogP contribution in [0.3, 0.4) is 0 Å². The number of hydrogen-bond donors (Lipinski definition) is 0. The molecule has 0 N–H and O–H groups in total. The number of amides is 1. The lowest BCUT2D eigenvalue weighted by Crippen LogP contribution is -2.31. The smallest absolute Gasteiger partial charge is 0.293 e. The van der Waals surface area contributed by atoms with Gasteiger partial charge in [-0.05, 0) is 42.7 Å². The van der Waals surface area contributed by atoms with Gasteiger partial charge in [-0.2, -0.15) is 0 Å².